The number of hydrogen-bond donors (Lipinski definition) is 2. The monoisotopic (exact) mass is 347 g/mol. The number of ether oxygens (including phenoxy) is 1. The van der Waals surface area contributed by atoms with Crippen LogP contribution in [0.3, 0.4) is 0 Å². The molecular weight excluding hydrogens is 326 g/mol. The Kier molecular flexibility index (Phi) is 6.64. The van der Waals surface area contributed by atoms with Crippen LogP contribution in [0.1, 0.15) is 24.2 Å². The second kappa shape index (κ2) is 8.71. The standard InChI is InChI=1S/C19H22ClNO3/c1-13(11-14-3-7-16(20)8-4-14)19(23)21-12-18(22)15-5-9-17(24-2)10-6-15/h3-10,13,18,22H,11-12H2,1-2H3,(H,21,23). The molecule has 1 amide bonds. The SMILES string of the molecule is COc1ccc(C(O)CNC(=O)C(C)Cc2ccc(Cl)cc2)cc1. The fourth-order valence-corrected chi connectivity index (χ4v) is 2.51. The van der Waals surface area contributed by atoms with Gasteiger partial charge in [-0.15, -0.1) is 0 Å². The minimum atomic E-state index is -0.748. The summed E-state index contributed by atoms with van der Waals surface area (Å²) in [5.41, 5.74) is 1.79. The molecule has 0 aliphatic rings. The summed E-state index contributed by atoms with van der Waals surface area (Å²) in [4.78, 5) is 12.2. The third-order valence-electron chi connectivity index (χ3n) is 3.87. The Bertz CT molecular complexity index is 655. The summed E-state index contributed by atoms with van der Waals surface area (Å²) in [5, 5.41) is 13.6. The van der Waals surface area contributed by atoms with E-state index < -0.39 is 6.10 Å². The van der Waals surface area contributed by atoms with Gasteiger partial charge in [0.25, 0.3) is 0 Å². The zero-order chi connectivity index (χ0) is 17.5. The molecule has 0 spiro atoms. The topological polar surface area (TPSA) is 58.6 Å². The molecule has 0 saturated carbocycles. The van der Waals surface area contributed by atoms with Gasteiger partial charge in [-0.2, -0.15) is 0 Å². The van der Waals surface area contributed by atoms with Gasteiger partial charge >= 0.3 is 0 Å². The molecule has 0 aliphatic heterocycles. The number of benzene rings is 2. The highest BCUT2D eigenvalue weighted by Gasteiger charge is 2.15. The lowest BCUT2D eigenvalue weighted by molar-refractivity contribution is -0.124. The van der Waals surface area contributed by atoms with Gasteiger partial charge in [-0.25, -0.2) is 0 Å². The van der Waals surface area contributed by atoms with E-state index in [-0.39, 0.29) is 18.4 Å². The summed E-state index contributed by atoms with van der Waals surface area (Å²) in [5.74, 6) is 0.457. The van der Waals surface area contributed by atoms with Crippen molar-refractivity contribution in [3.8, 4) is 5.75 Å². The van der Waals surface area contributed by atoms with Crippen molar-refractivity contribution in [3.05, 3.63) is 64.7 Å². The lowest BCUT2D eigenvalue weighted by Crippen LogP contribution is -2.33. The molecule has 5 heteroatoms. The van der Waals surface area contributed by atoms with Crippen LogP contribution in [0.5, 0.6) is 5.75 Å². The number of rotatable bonds is 7. The fourth-order valence-electron chi connectivity index (χ4n) is 2.38. The maximum atomic E-state index is 12.2. The molecule has 0 radical (unpaired) electrons. The van der Waals surface area contributed by atoms with E-state index in [1.54, 1.807) is 31.4 Å². The summed E-state index contributed by atoms with van der Waals surface area (Å²) in [7, 11) is 1.59. The summed E-state index contributed by atoms with van der Waals surface area (Å²) in [6.45, 7) is 2.04. The van der Waals surface area contributed by atoms with Crippen molar-refractivity contribution in [2.24, 2.45) is 5.92 Å². The van der Waals surface area contributed by atoms with E-state index in [1.165, 1.54) is 0 Å². The molecule has 0 heterocycles. The minimum Gasteiger partial charge on any atom is -0.497 e. The van der Waals surface area contributed by atoms with Crippen molar-refractivity contribution >= 4 is 17.5 Å². The number of carbonyl (C=O) groups is 1. The van der Waals surface area contributed by atoms with Crippen LogP contribution in [-0.2, 0) is 11.2 Å². The number of hydrogen-bond acceptors (Lipinski definition) is 3. The van der Waals surface area contributed by atoms with Crippen LogP contribution in [-0.4, -0.2) is 24.7 Å². The van der Waals surface area contributed by atoms with Crippen LogP contribution in [0, 0.1) is 5.92 Å². The van der Waals surface area contributed by atoms with E-state index in [9.17, 15) is 9.90 Å². The van der Waals surface area contributed by atoms with Gasteiger partial charge in [-0.1, -0.05) is 42.8 Å². The van der Waals surface area contributed by atoms with E-state index in [0.717, 1.165) is 16.9 Å². The van der Waals surface area contributed by atoms with Crippen molar-refractivity contribution in [2.75, 3.05) is 13.7 Å². The first-order valence-corrected chi connectivity index (χ1v) is 8.21. The van der Waals surface area contributed by atoms with Crippen LogP contribution < -0.4 is 10.1 Å². The first kappa shape index (κ1) is 18.3. The first-order chi connectivity index (χ1) is 11.5. The molecule has 2 unspecified atom stereocenters. The number of methoxy groups -OCH3 is 1. The van der Waals surface area contributed by atoms with Crippen molar-refractivity contribution < 1.29 is 14.6 Å². The molecule has 2 rings (SSSR count). The van der Waals surface area contributed by atoms with E-state index in [1.807, 2.05) is 31.2 Å². The number of aliphatic hydroxyl groups is 1. The summed E-state index contributed by atoms with van der Waals surface area (Å²) >= 11 is 5.86. The fraction of sp³-hybridized carbons (Fsp3) is 0.316. The summed E-state index contributed by atoms with van der Waals surface area (Å²) < 4.78 is 5.08. The van der Waals surface area contributed by atoms with Crippen molar-refractivity contribution in [1.29, 1.82) is 0 Å². The zero-order valence-electron chi connectivity index (χ0n) is 13.8. The molecule has 24 heavy (non-hydrogen) atoms. The third kappa shape index (κ3) is 5.25. The van der Waals surface area contributed by atoms with Crippen molar-refractivity contribution in [3.63, 3.8) is 0 Å². The number of nitrogens with one attached hydrogen (secondary N) is 1. The van der Waals surface area contributed by atoms with E-state index in [2.05, 4.69) is 5.32 Å². The highest BCUT2D eigenvalue weighted by atomic mass is 35.5. The van der Waals surface area contributed by atoms with Gasteiger partial charge in [0.1, 0.15) is 5.75 Å². The van der Waals surface area contributed by atoms with Gasteiger partial charge < -0.3 is 15.2 Å². The number of halogens is 1. The Hall–Kier alpha value is -2.04. The molecular formula is C19H22ClNO3. The highest BCUT2D eigenvalue weighted by molar-refractivity contribution is 6.30. The Morgan fingerprint density at radius 2 is 1.79 bits per heavy atom. The van der Waals surface area contributed by atoms with Crippen LogP contribution in [0.15, 0.2) is 48.5 Å². The van der Waals surface area contributed by atoms with Crippen LogP contribution in [0.4, 0.5) is 0 Å². The van der Waals surface area contributed by atoms with Crippen LogP contribution >= 0.6 is 11.6 Å². The lowest BCUT2D eigenvalue weighted by atomic mass is 10.0. The van der Waals surface area contributed by atoms with Crippen molar-refractivity contribution in [2.45, 2.75) is 19.4 Å². The Morgan fingerprint density at radius 1 is 1.17 bits per heavy atom. The van der Waals surface area contributed by atoms with Gasteiger partial charge in [-0.3, -0.25) is 4.79 Å². The van der Waals surface area contributed by atoms with Gasteiger partial charge in [0.05, 0.1) is 13.2 Å². The largest absolute Gasteiger partial charge is 0.497 e. The third-order valence-corrected chi connectivity index (χ3v) is 4.12. The quantitative estimate of drug-likeness (QED) is 0.807. The van der Waals surface area contributed by atoms with E-state index >= 15 is 0 Å². The van der Waals surface area contributed by atoms with Gasteiger partial charge in [0, 0.05) is 17.5 Å². The number of amides is 1. The molecule has 0 aromatic heterocycles. The second-order valence-electron chi connectivity index (χ2n) is 5.77. The Morgan fingerprint density at radius 3 is 2.38 bits per heavy atom. The molecule has 2 N–H and O–H groups in total. The average molecular weight is 348 g/mol. The number of aliphatic hydroxyl groups excluding tert-OH is 1. The average Bonchev–Trinajstić information content (AvgIpc) is 2.61. The number of carbonyl (C=O) groups excluding carboxylic acids is 1. The lowest BCUT2D eigenvalue weighted by Gasteiger charge is -2.16. The highest BCUT2D eigenvalue weighted by Crippen LogP contribution is 2.17. The minimum absolute atomic E-state index is 0.0856. The first-order valence-electron chi connectivity index (χ1n) is 7.83. The molecule has 0 bridgehead atoms. The molecule has 2 aromatic rings. The Labute approximate surface area is 147 Å². The predicted octanol–water partition coefficient (Wildman–Crippen LogP) is 3.38. The van der Waals surface area contributed by atoms with Crippen LogP contribution in [0.25, 0.3) is 0 Å². The molecule has 2 atom stereocenters. The maximum Gasteiger partial charge on any atom is 0.223 e. The molecule has 128 valence electrons. The summed E-state index contributed by atoms with van der Waals surface area (Å²) in [6.07, 6.45) is -0.121. The maximum absolute atomic E-state index is 12.2. The Balaban J connectivity index is 1.83. The van der Waals surface area contributed by atoms with Gasteiger partial charge in [0.15, 0.2) is 0 Å². The van der Waals surface area contributed by atoms with E-state index in [0.29, 0.717) is 11.4 Å². The van der Waals surface area contributed by atoms with Crippen LogP contribution in [0.2, 0.25) is 5.02 Å². The molecule has 0 aliphatic carbocycles. The predicted molar refractivity (Wildman–Crippen MR) is 95.3 cm³/mol. The summed E-state index contributed by atoms with van der Waals surface area (Å²) in [6, 6.07) is 14.6. The van der Waals surface area contributed by atoms with Gasteiger partial charge in [-0.05, 0) is 41.8 Å². The molecule has 4 nitrogen and oxygen atoms in total. The smallest absolute Gasteiger partial charge is 0.223 e. The molecule has 0 fully saturated rings. The van der Waals surface area contributed by atoms with Crippen molar-refractivity contribution in [1.82, 2.24) is 5.32 Å². The molecule has 2 aromatic carbocycles. The zero-order valence-corrected chi connectivity index (χ0v) is 14.6. The molecule has 0 saturated heterocycles. The second-order valence-corrected chi connectivity index (χ2v) is 6.20. The van der Waals surface area contributed by atoms with E-state index in [4.69, 9.17) is 16.3 Å². The normalized spacial score (nSPS) is 13.2. The van der Waals surface area contributed by atoms with Gasteiger partial charge in [0.2, 0.25) is 5.91 Å².